The van der Waals surface area contributed by atoms with Crippen LogP contribution in [0.5, 0.6) is 0 Å². The maximum atomic E-state index is 4.23. The number of benzene rings is 2. The highest BCUT2D eigenvalue weighted by Crippen LogP contribution is 2.19. The van der Waals surface area contributed by atoms with Gasteiger partial charge in [-0.15, -0.1) is 0 Å². The molecule has 2 rings (SSSR count). The van der Waals surface area contributed by atoms with Crippen molar-refractivity contribution in [2.45, 2.75) is 5.75 Å². The van der Waals surface area contributed by atoms with Crippen LogP contribution in [0.3, 0.4) is 0 Å². The van der Waals surface area contributed by atoms with Crippen LogP contribution >= 0.6 is 12.6 Å². The zero-order chi connectivity index (χ0) is 9.80. The van der Waals surface area contributed by atoms with Gasteiger partial charge in [-0.2, -0.15) is 12.6 Å². The average molecular weight is 200 g/mol. The summed E-state index contributed by atoms with van der Waals surface area (Å²) in [6, 6.07) is 18.9. The minimum Gasteiger partial charge on any atom is -0.175 e. The molecule has 0 amide bonds. The lowest BCUT2D eigenvalue weighted by Crippen LogP contribution is -1.79. The Labute approximate surface area is 90.0 Å². The van der Waals surface area contributed by atoms with E-state index >= 15 is 0 Å². The van der Waals surface area contributed by atoms with Crippen molar-refractivity contribution in [3.8, 4) is 11.1 Å². The summed E-state index contributed by atoms with van der Waals surface area (Å²) in [6.07, 6.45) is 0. The van der Waals surface area contributed by atoms with Gasteiger partial charge in [0.25, 0.3) is 0 Å². The van der Waals surface area contributed by atoms with Crippen LogP contribution in [0.25, 0.3) is 11.1 Å². The largest absolute Gasteiger partial charge is 0.175 e. The summed E-state index contributed by atoms with van der Waals surface area (Å²) in [5.41, 5.74) is 3.78. The lowest BCUT2D eigenvalue weighted by molar-refractivity contribution is 1.43. The Hall–Kier alpha value is -1.21. The summed E-state index contributed by atoms with van der Waals surface area (Å²) in [4.78, 5) is 0. The Morgan fingerprint density at radius 2 is 1.29 bits per heavy atom. The molecule has 0 fully saturated rings. The Kier molecular flexibility index (Phi) is 2.90. The summed E-state index contributed by atoms with van der Waals surface area (Å²) >= 11 is 4.23. The smallest absolute Gasteiger partial charge is 0.0154 e. The molecule has 0 N–H and O–H groups in total. The Morgan fingerprint density at radius 1 is 0.714 bits per heavy atom. The van der Waals surface area contributed by atoms with Crippen molar-refractivity contribution >= 4 is 12.6 Å². The molecule has 0 heterocycles. The van der Waals surface area contributed by atoms with Gasteiger partial charge in [0.2, 0.25) is 0 Å². The molecular weight excluding hydrogens is 188 g/mol. The van der Waals surface area contributed by atoms with E-state index in [1.807, 2.05) is 6.07 Å². The minimum absolute atomic E-state index is 0.801. The second-order valence-electron chi connectivity index (χ2n) is 3.22. The van der Waals surface area contributed by atoms with E-state index in [2.05, 4.69) is 61.2 Å². The van der Waals surface area contributed by atoms with E-state index < -0.39 is 0 Å². The average Bonchev–Trinajstić information content (AvgIpc) is 2.30. The van der Waals surface area contributed by atoms with Gasteiger partial charge >= 0.3 is 0 Å². The topological polar surface area (TPSA) is 0 Å². The van der Waals surface area contributed by atoms with Gasteiger partial charge in [-0.25, -0.2) is 0 Å². The zero-order valence-corrected chi connectivity index (χ0v) is 8.74. The van der Waals surface area contributed by atoms with Crippen molar-refractivity contribution < 1.29 is 0 Å². The lowest BCUT2D eigenvalue weighted by atomic mass is 10.0. The summed E-state index contributed by atoms with van der Waals surface area (Å²) in [5, 5.41) is 0. The molecule has 2 aromatic carbocycles. The first-order chi connectivity index (χ1) is 6.90. The quantitative estimate of drug-likeness (QED) is 0.701. The Morgan fingerprint density at radius 3 is 1.86 bits per heavy atom. The molecule has 1 heteroatoms. The van der Waals surface area contributed by atoms with E-state index in [0.717, 1.165) is 5.75 Å². The third-order valence-corrected chi connectivity index (χ3v) is 2.61. The second-order valence-corrected chi connectivity index (χ2v) is 3.54. The molecule has 70 valence electrons. The van der Waals surface area contributed by atoms with E-state index in [1.165, 1.54) is 16.7 Å². The molecule has 0 spiro atoms. The highest BCUT2D eigenvalue weighted by Gasteiger charge is 1.95. The molecule has 0 radical (unpaired) electrons. The van der Waals surface area contributed by atoms with E-state index in [9.17, 15) is 0 Å². The second kappa shape index (κ2) is 4.34. The van der Waals surface area contributed by atoms with Crippen molar-refractivity contribution in [3.63, 3.8) is 0 Å². The van der Waals surface area contributed by atoms with Crippen LogP contribution in [0.15, 0.2) is 54.6 Å². The SMILES string of the molecule is SCc1ccc(-c2ccccc2)cc1. The first-order valence-corrected chi connectivity index (χ1v) is 5.28. The molecule has 2 aromatic rings. The van der Waals surface area contributed by atoms with Crippen molar-refractivity contribution in [2.24, 2.45) is 0 Å². The van der Waals surface area contributed by atoms with Crippen LogP contribution in [0.4, 0.5) is 0 Å². The molecule has 0 aliphatic heterocycles. The maximum absolute atomic E-state index is 4.23. The first-order valence-electron chi connectivity index (χ1n) is 4.65. The predicted molar refractivity (Wildman–Crippen MR) is 64.6 cm³/mol. The molecule has 0 unspecified atom stereocenters. The normalized spacial score (nSPS) is 10.1. The van der Waals surface area contributed by atoms with Crippen molar-refractivity contribution in [2.75, 3.05) is 0 Å². The fourth-order valence-electron chi connectivity index (χ4n) is 1.43. The monoisotopic (exact) mass is 200 g/mol. The molecule has 14 heavy (non-hydrogen) atoms. The van der Waals surface area contributed by atoms with Crippen molar-refractivity contribution in [1.82, 2.24) is 0 Å². The summed E-state index contributed by atoms with van der Waals surface area (Å²) in [5.74, 6) is 0.801. The molecular formula is C13H12S. The third-order valence-electron chi connectivity index (χ3n) is 2.24. The first kappa shape index (κ1) is 9.35. The third kappa shape index (κ3) is 1.99. The van der Waals surface area contributed by atoms with Crippen molar-refractivity contribution in [3.05, 3.63) is 60.2 Å². The van der Waals surface area contributed by atoms with E-state index in [4.69, 9.17) is 0 Å². The van der Waals surface area contributed by atoms with Gasteiger partial charge in [-0.3, -0.25) is 0 Å². The number of thiol groups is 1. The highest BCUT2D eigenvalue weighted by molar-refractivity contribution is 7.79. The van der Waals surface area contributed by atoms with Crippen LogP contribution in [0, 0.1) is 0 Å². The number of hydrogen-bond donors (Lipinski definition) is 1. The fourth-order valence-corrected chi connectivity index (χ4v) is 1.64. The van der Waals surface area contributed by atoms with Crippen LogP contribution in [-0.2, 0) is 5.75 Å². The predicted octanol–water partition coefficient (Wildman–Crippen LogP) is 3.78. The molecule has 0 saturated heterocycles. The Balaban J connectivity index is 2.34. The summed E-state index contributed by atoms with van der Waals surface area (Å²) in [7, 11) is 0. The molecule has 0 aliphatic rings. The molecule has 0 aromatic heterocycles. The highest BCUT2D eigenvalue weighted by atomic mass is 32.1. The standard InChI is InChI=1S/C13H12S/c14-10-11-6-8-13(9-7-11)12-4-2-1-3-5-12/h1-9,14H,10H2. The molecule has 0 atom stereocenters. The molecule has 0 nitrogen and oxygen atoms in total. The maximum Gasteiger partial charge on any atom is 0.0154 e. The summed E-state index contributed by atoms with van der Waals surface area (Å²) in [6.45, 7) is 0. The van der Waals surface area contributed by atoms with Crippen molar-refractivity contribution in [1.29, 1.82) is 0 Å². The summed E-state index contributed by atoms with van der Waals surface area (Å²) < 4.78 is 0. The van der Waals surface area contributed by atoms with Crippen LogP contribution in [0.1, 0.15) is 5.56 Å². The van der Waals surface area contributed by atoms with E-state index in [-0.39, 0.29) is 0 Å². The Bertz CT molecular complexity index is 389. The lowest BCUT2D eigenvalue weighted by Gasteiger charge is -2.02. The van der Waals surface area contributed by atoms with Crippen LogP contribution in [0.2, 0.25) is 0 Å². The van der Waals surface area contributed by atoms with E-state index in [0.29, 0.717) is 0 Å². The minimum atomic E-state index is 0.801. The van der Waals surface area contributed by atoms with Gasteiger partial charge in [-0.1, -0.05) is 54.6 Å². The zero-order valence-electron chi connectivity index (χ0n) is 7.85. The van der Waals surface area contributed by atoms with Gasteiger partial charge in [0.15, 0.2) is 0 Å². The van der Waals surface area contributed by atoms with Gasteiger partial charge in [0, 0.05) is 5.75 Å². The van der Waals surface area contributed by atoms with Gasteiger partial charge in [-0.05, 0) is 16.7 Å². The molecule has 0 bridgehead atoms. The van der Waals surface area contributed by atoms with Gasteiger partial charge < -0.3 is 0 Å². The van der Waals surface area contributed by atoms with Crippen LogP contribution in [-0.4, -0.2) is 0 Å². The van der Waals surface area contributed by atoms with Crippen LogP contribution < -0.4 is 0 Å². The number of rotatable bonds is 2. The molecule has 0 aliphatic carbocycles. The van der Waals surface area contributed by atoms with Gasteiger partial charge in [0.1, 0.15) is 0 Å². The van der Waals surface area contributed by atoms with E-state index in [1.54, 1.807) is 0 Å². The molecule has 0 saturated carbocycles. The van der Waals surface area contributed by atoms with Gasteiger partial charge in [0.05, 0.1) is 0 Å². The fraction of sp³-hybridized carbons (Fsp3) is 0.0769. The number of hydrogen-bond acceptors (Lipinski definition) is 1.